The molecule has 7 unspecified atom stereocenters. The van der Waals surface area contributed by atoms with Crippen LogP contribution in [0, 0.1) is 34.5 Å². The molecule has 6 rings (SSSR count). The number of carboxylic acids is 1. The smallest absolute Gasteiger partial charge is 0.326 e. The topological polar surface area (TPSA) is 150 Å². The number of carboxylic acid groups (broad SMARTS) is 1. The number of ketones is 1. The normalized spacial score (nSPS) is 31.6. The molecule has 2 aromatic rings. The first-order valence-electron chi connectivity index (χ1n) is 16.7. The quantitative estimate of drug-likeness (QED) is 0.273. The number of benzene rings is 1. The zero-order valence-electron chi connectivity index (χ0n) is 27.1. The van der Waals surface area contributed by atoms with Gasteiger partial charge >= 0.3 is 5.97 Å². The molecule has 4 aliphatic rings. The number of hydrogen-bond acceptors (Lipinski definition) is 6. The minimum Gasteiger partial charge on any atom is -0.480 e. The van der Waals surface area contributed by atoms with Gasteiger partial charge in [-0.1, -0.05) is 42.8 Å². The summed E-state index contributed by atoms with van der Waals surface area (Å²) < 4.78 is 0. The van der Waals surface area contributed by atoms with Gasteiger partial charge in [0.15, 0.2) is 6.61 Å². The van der Waals surface area contributed by atoms with E-state index in [4.69, 9.17) is 4.84 Å². The third-order valence-corrected chi connectivity index (χ3v) is 12.0. The summed E-state index contributed by atoms with van der Waals surface area (Å²) in [5, 5.41) is 19.8. The molecule has 0 saturated heterocycles. The first kappa shape index (κ1) is 32.0. The van der Waals surface area contributed by atoms with E-state index in [1.165, 1.54) is 18.4 Å². The molecule has 4 aliphatic carbocycles. The minimum absolute atomic E-state index is 0.107. The molecular formula is C36H46N4O6. The van der Waals surface area contributed by atoms with E-state index < -0.39 is 23.8 Å². The van der Waals surface area contributed by atoms with Gasteiger partial charge in [-0.3, -0.25) is 14.4 Å². The molecule has 4 N–H and O–H groups in total. The first-order valence-corrected chi connectivity index (χ1v) is 16.7. The van der Waals surface area contributed by atoms with Gasteiger partial charge in [0, 0.05) is 29.4 Å². The third kappa shape index (κ3) is 5.98. The Bertz CT molecular complexity index is 1590. The number of aromatic nitrogens is 1. The van der Waals surface area contributed by atoms with E-state index in [2.05, 4.69) is 40.7 Å². The molecule has 1 heterocycles. The van der Waals surface area contributed by atoms with E-state index in [1.54, 1.807) is 13.1 Å². The van der Waals surface area contributed by atoms with Gasteiger partial charge in [0.05, 0.1) is 12.3 Å². The fourth-order valence-corrected chi connectivity index (χ4v) is 9.68. The van der Waals surface area contributed by atoms with Crippen LogP contribution in [0.3, 0.4) is 0 Å². The Kier molecular flexibility index (Phi) is 8.83. The summed E-state index contributed by atoms with van der Waals surface area (Å²) in [6, 6.07) is 6.41. The molecule has 1 aromatic heterocycles. The fraction of sp³-hybridized carbons (Fsp3) is 0.583. The summed E-state index contributed by atoms with van der Waals surface area (Å²) in [5.74, 6) is 0.238. The Morgan fingerprint density at radius 3 is 2.63 bits per heavy atom. The van der Waals surface area contributed by atoms with Crippen molar-refractivity contribution in [2.45, 2.75) is 84.6 Å². The highest BCUT2D eigenvalue weighted by atomic mass is 16.6. The van der Waals surface area contributed by atoms with Gasteiger partial charge < -0.3 is 25.6 Å². The van der Waals surface area contributed by atoms with Crippen LogP contribution in [-0.2, 0) is 30.4 Å². The van der Waals surface area contributed by atoms with Crippen molar-refractivity contribution >= 4 is 40.2 Å². The maximum absolute atomic E-state index is 12.5. The molecule has 3 saturated carbocycles. The molecule has 0 spiro atoms. The Labute approximate surface area is 269 Å². The number of para-hydroxylation sites is 1. The van der Waals surface area contributed by atoms with E-state index in [0.717, 1.165) is 60.7 Å². The largest absolute Gasteiger partial charge is 0.480 e. The lowest BCUT2D eigenvalue weighted by Gasteiger charge is -2.58. The Balaban J connectivity index is 0.983. The summed E-state index contributed by atoms with van der Waals surface area (Å²) in [4.78, 5) is 57.6. The van der Waals surface area contributed by atoms with Gasteiger partial charge in [-0.25, -0.2) is 4.79 Å². The highest BCUT2D eigenvalue weighted by Gasteiger charge is 2.59. The van der Waals surface area contributed by atoms with Crippen LogP contribution in [-0.4, -0.2) is 58.6 Å². The molecule has 1 aromatic carbocycles. The summed E-state index contributed by atoms with van der Waals surface area (Å²) in [5.41, 5.74) is 4.20. The average Bonchev–Trinajstić information content (AvgIpc) is 3.60. The van der Waals surface area contributed by atoms with Gasteiger partial charge in [-0.2, -0.15) is 0 Å². The molecule has 10 nitrogen and oxygen atoms in total. The number of aliphatic carboxylic acids is 1. The number of hydrogen-bond donors (Lipinski definition) is 4. The summed E-state index contributed by atoms with van der Waals surface area (Å²) in [6.45, 7) is 5.88. The van der Waals surface area contributed by atoms with Gasteiger partial charge in [0.1, 0.15) is 11.8 Å². The Morgan fingerprint density at radius 2 is 1.85 bits per heavy atom. The number of Topliss-reactive ketones (excluding diaryl/α,β-unsaturated/α-hetero) is 1. The zero-order chi connectivity index (χ0) is 32.6. The number of rotatable bonds is 10. The van der Waals surface area contributed by atoms with Gasteiger partial charge in [0.25, 0.3) is 5.91 Å². The predicted octanol–water partition coefficient (Wildman–Crippen LogP) is 4.94. The maximum atomic E-state index is 12.5. The van der Waals surface area contributed by atoms with Crippen molar-refractivity contribution in [2.24, 2.45) is 39.7 Å². The molecule has 246 valence electrons. The SMILES string of the molecule is CC(=O)C1CCC2C3CCC4=CC(=NOCC(=O)NCC(=O)NC(Cc5c[nH]c6ccccc56)C(=O)O)CCC4(C)C3CCC12C. The molecule has 10 heteroatoms. The second-order valence-electron chi connectivity index (χ2n) is 14.4. The number of H-pyrrole nitrogens is 1. The maximum Gasteiger partial charge on any atom is 0.326 e. The number of fused-ring (bicyclic) bond motifs is 6. The van der Waals surface area contributed by atoms with E-state index in [0.29, 0.717) is 23.5 Å². The van der Waals surface area contributed by atoms with Crippen molar-refractivity contribution in [2.75, 3.05) is 13.2 Å². The predicted molar refractivity (Wildman–Crippen MR) is 174 cm³/mol. The average molecular weight is 631 g/mol. The van der Waals surface area contributed by atoms with Crippen LogP contribution < -0.4 is 10.6 Å². The molecule has 0 bridgehead atoms. The van der Waals surface area contributed by atoms with Gasteiger partial charge in [0.2, 0.25) is 5.91 Å². The molecular weight excluding hydrogens is 584 g/mol. The van der Waals surface area contributed by atoms with Crippen molar-refractivity contribution in [3.05, 3.63) is 47.7 Å². The highest BCUT2D eigenvalue weighted by molar-refractivity contribution is 5.96. The van der Waals surface area contributed by atoms with Crippen molar-refractivity contribution in [1.82, 2.24) is 15.6 Å². The fourth-order valence-electron chi connectivity index (χ4n) is 9.68. The number of amides is 2. The molecule has 0 radical (unpaired) electrons. The van der Waals surface area contributed by atoms with Gasteiger partial charge in [-0.15, -0.1) is 0 Å². The van der Waals surface area contributed by atoms with E-state index >= 15 is 0 Å². The molecule has 7 atom stereocenters. The highest BCUT2D eigenvalue weighted by Crippen LogP contribution is 2.66. The number of carbonyl (C=O) groups is 4. The zero-order valence-corrected chi connectivity index (χ0v) is 27.1. The van der Waals surface area contributed by atoms with Crippen LogP contribution in [0.2, 0.25) is 0 Å². The van der Waals surface area contributed by atoms with E-state index in [1.807, 2.05) is 24.3 Å². The number of nitrogens with one attached hydrogen (secondary N) is 3. The second kappa shape index (κ2) is 12.7. The molecule has 3 fully saturated rings. The van der Waals surface area contributed by atoms with Crippen LogP contribution in [0.5, 0.6) is 0 Å². The van der Waals surface area contributed by atoms with Crippen molar-refractivity contribution < 1.29 is 29.1 Å². The Hall–Kier alpha value is -3.95. The summed E-state index contributed by atoms with van der Waals surface area (Å²) in [6.07, 6.45) is 12.5. The van der Waals surface area contributed by atoms with Crippen LogP contribution in [0.4, 0.5) is 0 Å². The van der Waals surface area contributed by atoms with Crippen LogP contribution >= 0.6 is 0 Å². The van der Waals surface area contributed by atoms with Crippen LogP contribution in [0.1, 0.15) is 77.7 Å². The van der Waals surface area contributed by atoms with Crippen LogP contribution in [0.25, 0.3) is 10.9 Å². The Morgan fingerprint density at radius 1 is 1.04 bits per heavy atom. The number of allylic oxidation sites excluding steroid dienone is 2. The van der Waals surface area contributed by atoms with Crippen LogP contribution in [0.15, 0.2) is 47.3 Å². The molecule has 46 heavy (non-hydrogen) atoms. The third-order valence-electron chi connectivity index (χ3n) is 12.0. The standard InChI is InChI=1S/C36H46N4O6/c1-21(41)27-10-11-28-26-9-8-23-17-24(12-14-35(23,2)29(26)13-15-36(27,28)3)40-46-20-33(43)38-19-32(42)39-31(34(44)45)16-22-18-37-30-7-5-4-6-25(22)30/h4-7,17-18,26-29,31,37H,8-16,19-20H2,1-3H3,(H,38,43)(H,39,42)(H,44,45). The summed E-state index contributed by atoms with van der Waals surface area (Å²) >= 11 is 0. The number of oxime groups is 1. The number of carbonyl (C=O) groups excluding carboxylic acids is 3. The van der Waals surface area contributed by atoms with Gasteiger partial charge in [-0.05, 0) is 105 Å². The van der Waals surface area contributed by atoms with E-state index in [-0.39, 0.29) is 36.3 Å². The lowest BCUT2D eigenvalue weighted by atomic mass is 9.46. The van der Waals surface area contributed by atoms with E-state index in [9.17, 15) is 24.3 Å². The van der Waals surface area contributed by atoms with Crippen molar-refractivity contribution in [3.63, 3.8) is 0 Å². The lowest BCUT2D eigenvalue weighted by Crippen LogP contribution is -2.51. The number of aromatic amines is 1. The first-order chi connectivity index (χ1) is 22.0. The minimum atomic E-state index is -1.16. The lowest BCUT2D eigenvalue weighted by molar-refractivity contribution is -0.141. The molecule has 0 aliphatic heterocycles. The van der Waals surface area contributed by atoms with Crippen molar-refractivity contribution in [1.29, 1.82) is 0 Å². The second-order valence-corrected chi connectivity index (χ2v) is 14.4. The number of nitrogens with zero attached hydrogens (tertiary/aromatic N) is 1. The summed E-state index contributed by atoms with van der Waals surface area (Å²) in [7, 11) is 0. The molecule has 2 amide bonds. The monoisotopic (exact) mass is 630 g/mol. The van der Waals surface area contributed by atoms with Crippen molar-refractivity contribution in [3.8, 4) is 0 Å².